The van der Waals surface area contributed by atoms with Crippen molar-refractivity contribution in [2.75, 3.05) is 0 Å². The van der Waals surface area contributed by atoms with Gasteiger partial charge in [-0.2, -0.15) is 0 Å². The molecule has 0 aliphatic rings. The highest BCUT2D eigenvalue weighted by atomic mass is 79.9. The Bertz CT molecular complexity index is 951. The third kappa shape index (κ3) is 2.48. The molecular formula is C17H12Br2O3. The number of halogens is 2. The maximum absolute atomic E-state index is 13.1. The van der Waals surface area contributed by atoms with Crippen LogP contribution in [0.15, 0.2) is 49.7 Å². The van der Waals surface area contributed by atoms with Crippen LogP contribution in [0.4, 0.5) is 0 Å². The number of furan rings is 1. The standard InChI is InChI=1S/C17H12Br2O3/c1-2-13-15(10-5-3-4-6-14(10)22-13)16(20)9-7-11(18)17(21)12(19)8-9/h3-8,21H,2H2,1H3/i7D,8D. The van der Waals surface area contributed by atoms with Crippen molar-refractivity contribution in [2.24, 2.45) is 0 Å². The van der Waals surface area contributed by atoms with Gasteiger partial charge in [0.25, 0.3) is 0 Å². The molecule has 5 heteroatoms. The van der Waals surface area contributed by atoms with Crippen LogP contribution >= 0.6 is 31.9 Å². The smallest absolute Gasteiger partial charge is 0.197 e. The lowest BCUT2D eigenvalue weighted by Gasteiger charge is -2.06. The fraction of sp³-hybridized carbons (Fsp3) is 0.118. The van der Waals surface area contributed by atoms with Crippen LogP contribution in [-0.4, -0.2) is 10.9 Å². The molecule has 0 atom stereocenters. The van der Waals surface area contributed by atoms with Crippen molar-refractivity contribution < 1.29 is 17.1 Å². The number of carbonyl (C=O) groups excluding carboxylic acids is 1. The second-order valence-electron chi connectivity index (χ2n) is 4.68. The van der Waals surface area contributed by atoms with Crippen LogP contribution in [0.3, 0.4) is 0 Å². The van der Waals surface area contributed by atoms with Crippen molar-refractivity contribution in [2.45, 2.75) is 13.3 Å². The number of hydrogen-bond acceptors (Lipinski definition) is 3. The average Bonchev–Trinajstić information content (AvgIpc) is 2.96. The van der Waals surface area contributed by atoms with Gasteiger partial charge in [0.2, 0.25) is 0 Å². The predicted molar refractivity (Wildman–Crippen MR) is 92.5 cm³/mol. The van der Waals surface area contributed by atoms with E-state index in [1.165, 1.54) is 0 Å². The molecule has 0 aliphatic carbocycles. The first-order valence-electron chi connectivity index (χ1n) is 7.60. The van der Waals surface area contributed by atoms with E-state index in [4.69, 9.17) is 7.16 Å². The van der Waals surface area contributed by atoms with Crippen LogP contribution in [0.1, 0.15) is 31.3 Å². The monoisotopic (exact) mass is 424 g/mol. The molecule has 0 bridgehead atoms. The number of benzene rings is 2. The predicted octanol–water partition coefficient (Wildman–Crippen LogP) is 5.46. The molecule has 0 amide bonds. The van der Waals surface area contributed by atoms with Crippen molar-refractivity contribution in [3.05, 3.63) is 62.2 Å². The van der Waals surface area contributed by atoms with E-state index >= 15 is 0 Å². The van der Waals surface area contributed by atoms with Crippen molar-refractivity contribution in [1.82, 2.24) is 0 Å². The Morgan fingerprint density at radius 1 is 1.27 bits per heavy atom. The van der Waals surface area contributed by atoms with E-state index in [2.05, 4.69) is 31.9 Å². The van der Waals surface area contributed by atoms with Gasteiger partial charge in [0.05, 0.1) is 17.3 Å². The second kappa shape index (κ2) is 5.89. The van der Waals surface area contributed by atoms with Gasteiger partial charge >= 0.3 is 0 Å². The van der Waals surface area contributed by atoms with E-state index in [1.807, 2.05) is 13.0 Å². The summed E-state index contributed by atoms with van der Waals surface area (Å²) in [6, 6.07) is 6.73. The maximum Gasteiger partial charge on any atom is 0.197 e. The highest BCUT2D eigenvalue weighted by molar-refractivity contribution is 9.11. The number of carbonyl (C=O) groups is 1. The third-order valence-electron chi connectivity index (χ3n) is 3.33. The zero-order valence-electron chi connectivity index (χ0n) is 13.5. The summed E-state index contributed by atoms with van der Waals surface area (Å²) >= 11 is 6.21. The summed E-state index contributed by atoms with van der Waals surface area (Å²) in [7, 11) is 0. The summed E-state index contributed by atoms with van der Waals surface area (Å²) in [5.74, 6) is -0.220. The van der Waals surface area contributed by atoms with Gasteiger partial charge < -0.3 is 9.52 Å². The van der Waals surface area contributed by atoms with Gasteiger partial charge in [-0.3, -0.25) is 4.79 Å². The number of phenols is 1. The number of aryl methyl sites for hydroxylation is 1. The van der Waals surface area contributed by atoms with E-state index in [0.29, 0.717) is 28.7 Å². The second-order valence-corrected chi connectivity index (χ2v) is 6.27. The normalized spacial score (nSPS) is 12.3. The SMILES string of the molecule is [2H]c1c(Br)c(O)c(Br)c([2H])c1C(=O)c1c(CC)oc2ccccc12. The summed E-state index contributed by atoms with van der Waals surface area (Å²) in [4.78, 5) is 13.1. The van der Waals surface area contributed by atoms with Crippen molar-refractivity contribution in [3.63, 3.8) is 0 Å². The molecule has 3 nitrogen and oxygen atoms in total. The minimum absolute atomic E-state index is 0.0690. The van der Waals surface area contributed by atoms with Crippen molar-refractivity contribution in [1.29, 1.82) is 0 Å². The van der Waals surface area contributed by atoms with E-state index in [1.54, 1.807) is 18.2 Å². The molecule has 0 fully saturated rings. The van der Waals surface area contributed by atoms with Crippen LogP contribution in [0.5, 0.6) is 5.75 Å². The lowest BCUT2D eigenvalue weighted by molar-refractivity contribution is 0.103. The zero-order valence-corrected chi connectivity index (χ0v) is 14.7. The van der Waals surface area contributed by atoms with E-state index in [0.717, 1.165) is 0 Å². The number of rotatable bonds is 3. The quantitative estimate of drug-likeness (QED) is 0.567. The molecule has 0 unspecified atom stereocenters. The summed E-state index contributed by atoms with van der Waals surface area (Å²) in [6.07, 6.45) is 0.511. The van der Waals surface area contributed by atoms with Crippen LogP contribution < -0.4 is 0 Å². The molecule has 1 heterocycles. The van der Waals surface area contributed by atoms with E-state index in [-0.39, 0.29) is 32.3 Å². The highest BCUT2D eigenvalue weighted by Crippen LogP contribution is 2.35. The first-order valence-corrected chi connectivity index (χ1v) is 8.19. The lowest BCUT2D eigenvalue weighted by atomic mass is 9.99. The van der Waals surface area contributed by atoms with Gasteiger partial charge in [0, 0.05) is 17.4 Å². The number of phenolic OH excluding ortho intramolecular Hbond substituents is 1. The molecule has 0 aliphatic heterocycles. The molecule has 0 saturated carbocycles. The summed E-state index contributed by atoms with van der Waals surface area (Å²) in [5, 5.41) is 10.6. The third-order valence-corrected chi connectivity index (χ3v) is 4.48. The van der Waals surface area contributed by atoms with Crippen LogP contribution in [0.25, 0.3) is 11.0 Å². The van der Waals surface area contributed by atoms with E-state index in [9.17, 15) is 9.90 Å². The molecule has 2 aromatic carbocycles. The first-order chi connectivity index (χ1) is 11.4. The Hall–Kier alpha value is -1.59. The fourth-order valence-corrected chi connectivity index (χ4v) is 3.36. The molecule has 1 N–H and O–H groups in total. The molecule has 0 spiro atoms. The fourth-order valence-electron chi connectivity index (χ4n) is 2.30. The van der Waals surface area contributed by atoms with Gasteiger partial charge in [-0.15, -0.1) is 0 Å². The molecular weight excluding hydrogens is 412 g/mol. The number of para-hydroxylation sites is 1. The molecule has 1 aromatic heterocycles. The Labute approximate surface area is 147 Å². The molecule has 3 aromatic rings. The van der Waals surface area contributed by atoms with Crippen molar-refractivity contribution in [3.8, 4) is 5.75 Å². The minimum atomic E-state index is -0.465. The molecule has 3 rings (SSSR count). The first kappa shape index (κ1) is 12.9. The number of fused-ring (bicyclic) bond motifs is 1. The van der Waals surface area contributed by atoms with Crippen LogP contribution in [0, 0.1) is 0 Å². The highest BCUT2D eigenvalue weighted by Gasteiger charge is 2.22. The number of hydrogen-bond donors (Lipinski definition) is 1. The van der Waals surface area contributed by atoms with Gasteiger partial charge in [0.15, 0.2) is 5.78 Å². The lowest BCUT2D eigenvalue weighted by Crippen LogP contribution is -2.03. The topological polar surface area (TPSA) is 50.4 Å². The Morgan fingerprint density at radius 2 is 1.91 bits per heavy atom. The Morgan fingerprint density at radius 3 is 2.55 bits per heavy atom. The number of aromatic hydroxyl groups is 1. The average molecular weight is 426 g/mol. The van der Waals surface area contributed by atoms with Gasteiger partial charge in [-0.05, 0) is 50.0 Å². The van der Waals surface area contributed by atoms with Crippen molar-refractivity contribution >= 4 is 48.6 Å². The Kier molecular flexibility index (Phi) is 3.46. The number of ketones is 1. The minimum Gasteiger partial charge on any atom is -0.506 e. The molecule has 22 heavy (non-hydrogen) atoms. The van der Waals surface area contributed by atoms with Crippen LogP contribution in [0.2, 0.25) is 0 Å². The van der Waals surface area contributed by atoms with Gasteiger partial charge in [0.1, 0.15) is 17.1 Å². The summed E-state index contributed by atoms with van der Waals surface area (Å²) < 4.78 is 22.2. The summed E-state index contributed by atoms with van der Waals surface area (Å²) in [5.41, 5.74) is 0.861. The Balaban J connectivity index is 2.32. The van der Waals surface area contributed by atoms with E-state index < -0.39 is 5.78 Å². The molecule has 0 radical (unpaired) electrons. The molecule has 0 saturated heterocycles. The maximum atomic E-state index is 13.1. The van der Waals surface area contributed by atoms with Gasteiger partial charge in [-0.25, -0.2) is 0 Å². The van der Waals surface area contributed by atoms with Crippen LogP contribution in [-0.2, 0) is 6.42 Å². The summed E-state index contributed by atoms with van der Waals surface area (Å²) in [6.45, 7) is 1.88. The zero-order chi connectivity index (χ0) is 17.6. The largest absolute Gasteiger partial charge is 0.506 e. The molecule has 112 valence electrons. The van der Waals surface area contributed by atoms with Gasteiger partial charge in [-0.1, -0.05) is 25.1 Å².